The highest BCUT2D eigenvalue weighted by Crippen LogP contribution is 2.44. The Hall–Kier alpha value is -2.86. The number of alkyl carbamates (subject to hydrolysis) is 1. The Morgan fingerprint density at radius 1 is 1.00 bits per heavy atom. The Morgan fingerprint density at radius 2 is 1.60 bits per heavy atom. The molecule has 1 fully saturated rings. The van der Waals surface area contributed by atoms with E-state index in [0.717, 1.165) is 30.4 Å². The van der Waals surface area contributed by atoms with E-state index in [1.165, 1.54) is 11.1 Å². The lowest BCUT2D eigenvalue weighted by Crippen LogP contribution is -2.50. The van der Waals surface area contributed by atoms with Crippen LogP contribution in [-0.4, -0.2) is 54.4 Å². The van der Waals surface area contributed by atoms with Gasteiger partial charge in [-0.1, -0.05) is 48.5 Å². The van der Waals surface area contributed by atoms with Crippen LogP contribution in [0.5, 0.6) is 0 Å². The van der Waals surface area contributed by atoms with Crippen molar-refractivity contribution in [2.45, 2.75) is 37.6 Å². The number of piperidine rings is 1. The van der Waals surface area contributed by atoms with E-state index in [2.05, 4.69) is 29.6 Å². The molecular weight excluding hydrogens is 380 g/mol. The van der Waals surface area contributed by atoms with Gasteiger partial charge in [0, 0.05) is 25.6 Å². The average molecular weight is 408 g/mol. The van der Waals surface area contributed by atoms with Crippen LogP contribution in [-0.2, 0) is 9.53 Å². The molecule has 2 aromatic carbocycles. The molecule has 1 heterocycles. The minimum atomic E-state index is -0.760. The molecule has 0 saturated carbocycles. The van der Waals surface area contributed by atoms with E-state index in [-0.39, 0.29) is 31.5 Å². The zero-order valence-corrected chi connectivity index (χ0v) is 17.0. The molecule has 2 N–H and O–H groups in total. The highest BCUT2D eigenvalue weighted by atomic mass is 16.5. The molecule has 1 aliphatic heterocycles. The number of hydrogen-bond donors (Lipinski definition) is 2. The topological polar surface area (TPSA) is 78.9 Å². The van der Waals surface area contributed by atoms with Crippen LogP contribution in [0.3, 0.4) is 0 Å². The van der Waals surface area contributed by atoms with Crippen molar-refractivity contribution < 1.29 is 19.4 Å². The first-order valence-corrected chi connectivity index (χ1v) is 10.7. The van der Waals surface area contributed by atoms with E-state index in [0.29, 0.717) is 13.1 Å². The molecule has 6 heteroatoms. The number of aliphatic hydroxyl groups excluding tert-OH is 1. The predicted molar refractivity (Wildman–Crippen MR) is 114 cm³/mol. The number of fused-ring (bicyclic) bond motifs is 3. The van der Waals surface area contributed by atoms with Crippen LogP contribution in [0.2, 0.25) is 0 Å². The lowest BCUT2D eigenvalue weighted by atomic mass is 9.98. The van der Waals surface area contributed by atoms with Crippen molar-refractivity contribution in [3.63, 3.8) is 0 Å². The molecule has 0 bridgehead atoms. The minimum absolute atomic E-state index is 0.0303. The summed E-state index contributed by atoms with van der Waals surface area (Å²) in [6.45, 7) is 1.43. The molecule has 1 saturated heterocycles. The maximum atomic E-state index is 12.8. The highest BCUT2D eigenvalue weighted by molar-refractivity contribution is 5.86. The van der Waals surface area contributed by atoms with Crippen LogP contribution >= 0.6 is 0 Å². The summed E-state index contributed by atoms with van der Waals surface area (Å²) in [5, 5.41) is 12.0. The van der Waals surface area contributed by atoms with E-state index < -0.39 is 12.1 Å². The van der Waals surface area contributed by atoms with Crippen molar-refractivity contribution in [2.24, 2.45) is 0 Å². The van der Waals surface area contributed by atoms with Gasteiger partial charge in [0.15, 0.2) is 0 Å². The molecule has 6 nitrogen and oxygen atoms in total. The lowest BCUT2D eigenvalue weighted by molar-refractivity contribution is -0.134. The minimum Gasteiger partial charge on any atom is -0.449 e. The molecule has 1 atom stereocenters. The van der Waals surface area contributed by atoms with Crippen molar-refractivity contribution in [3.8, 4) is 11.1 Å². The smallest absolute Gasteiger partial charge is 0.407 e. The number of aliphatic hydroxyl groups is 1. The summed E-state index contributed by atoms with van der Waals surface area (Å²) in [6, 6.07) is 15.5. The van der Waals surface area contributed by atoms with Crippen LogP contribution in [0.15, 0.2) is 48.5 Å². The normalized spacial score (nSPS) is 16.5. The number of carbonyl (C=O) groups excluding carboxylic acids is 2. The number of rotatable bonds is 6. The maximum Gasteiger partial charge on any atom is 0.407 e. The second kappa shape index (κ2) is 9.30. The third-order valence-electron chi connectivity index (χ3n) is 6.02. The Morgan fingerprint density at radius 3 is 2.20 bits per heavy atom. The molecule has 158 valence electrons. The number of nitrogens with one attached hydrogen (secondary N) is 1. The summed E-state index contributed by atoms with van der Waals surface area (Å²) in [4.78, 5) is 27.0. The van der Waals surface area contributed by atoms with Crippen LogP contribution in [0.25, 0.3) is 11.1 Å². The molecule has 0 radical (unpaired) electrons. The molecule has 2 aromatic rings. The molecule has 2 aliphatic rings. The van der Waals surface area contributed by atoms with Crippen molar-refractivity contribution in [1.29, 1.82) is 0 Å². The monoisotopic (exact) mass is 408 g/mol. The molecule has 1 aliphatic carbocycles. The van der Waals surface area contributed by atoms with Gasteiger partial charge in [0.1, 0.15) is 12.6 Å². The van der Waals surface area contributed by atoms with Gasteiger partial charge in [-0.3, -0.25) is 4.79 Å². The summed E-state index contributed by atoms with van der Waals surface area (Å²) >= 11 is 0. The number of amides is 2. The zero-order chi connectivity index (χ0) is 20.9. The first kappa shape index (κ1) is 20.4. The summed E-state index contributed by atoms with van der Waals surface area (Å²) in [5.41, 5.74) is 4.62. The van der Waals surface area contributed by atoms with Gasteiger partial charge in [-0.05, 0) is 47.9 Å². The van der Waals surface area contributed by atoms with E-state index in [1.807, 2.05) is 24.3 Å². The fraction of sp³-hybridized carbons (Fsp3) is 0.417. The van der Waals surface area contributed by atoms with Crippen LogP contribution in [0.1, 0.15) is 42.7 Å². The first-order chi connectivity index (χ1) is 14.7. The summed E-state index contributed by atoms with van der Waals surface area (Å²) in [7, 11) is 0. The summed E-state index contributed by atoms with van der Waals surface area (Å²) < 4.78 is 5.55. The third kappa shape index (κ3) is 4.19. The first-order valence-electron chi connectivity index (χ1n) is 10.7. The number of ether oxygens (including phenoxy) is 1. The standard InChI is InChI=1S/C24H28N2O4/c27-15-12-22(23(28)26-13-6-1-7-14-26)25-24(29)30-16-21-19-10-4-2-8-17(19)18-9-3-5-11-20(18)21/h2-5,8-11,21-22,27H,1,6-7,12-16H2,(H,25,29)/t22-/m0/s1. The molecule has 4 rings (SSSR count). The maximum absolute atomic E-state index is 12.8. The molecule has 0 spiro atoms. The number of nitrogens with zero attached hydrogens (tertiary/aromatic N) is 1. The molecular formula is C24H28N2O4. The van der Waals surface area contributed by atoms with E-state index >= 15 is 0 Å². The fourth-order valence-corrected chi connectivity index (χ4v) is 4.50. The van der Waals surface area contributed by atoms with Gasteiger partial charge in [0.25, 0.3) is 0 Å². The van der Waals surface area contributed by atoms with Crippen LogP contribution in [0, 0.1) is 0 Å². The third-order valence-corrected chi connectivity index (χ3v) is 6.02. The number of likely N-dealkylation sites (tertiary alicyclic amines) is 1. The summed E-state index contributed by atoms with van der Waals surface area (Å²) in [5.74, 6) is -0.172. The van der Waals surface area contributed by atoms with E-state index in [4.69, 9.17) is 4.74 Å². The number of hydrogen-bond acceptors (Lipinski definition) is 4. The van der Waals surface area contributed by atoms with E-state index in [9.17, 15) is 14.7 Å². The zero-order valence-electron chi connectivity index (χ0n) is 17.0. The Kier molecular flexibility index (Phi) is 6.33. The largest absolute Gasteiger partial charge is 0.449 e. The lowest BCUT2D eigenvalue weighted by Gasteiger charge is -2.30. The highest BCUT2D eigenvalue weighted by Gasteiger charge is 2.30. The molecule has 30 heavy (non-hydrogen) atoms. The van der Waals surface area contributed by atoms with Crippen molar-refractivity contribution >= 4 is 12.0 Å². The Balaban J connectivity index is 1.41. The fourth-order valence-electron chi connectivity index (χ4n) is 4.50. The van der Waals surface area contributed by atoms with Crippen molar-refractivity contribution in [3.05, 3.63) is 59.7 Å². The van der Waals surface area contributed by atoms with Gasteiger partial charge in [-0.2, -0.15) is 0 Å². The summed E-state index contributed by atoms with van der Waals surface area (Å²) in [6.07, 6.45) is 2.62. The van der Waals surface area contributed by atoms with Gasteiger partial charge >= 0.3 is 6.09 Å². The Labute approximate surface area is 176 Å². The van der Waals surface area contributed by atoms with Gasteiger partial charge in [-0.25, -0.2) is 4.79 Å². The number of carbonyl (C=O) groups is 2. The predicted octanol–water partition coefficient (Wildman–Crippen LogP) is 3.29. The molecule has 0 unspecified atom stereocenters. The van der Waals surface area contributed by atoms with Crippen molar-refractivity contribution in [2.75, 3.05) is 26.3 Å². The quantitative estimate of drug-likeness (QED) is 0.769. The van der Waals surface area contributed by atoms with Crippen LogP contribution < -0.4 is 5.32 Å². The number of benzene rings is 2. The van der Waals surface area contributed by atoms with Crippen LogP contribution in [0.4, 0.5) is 4.79 Å². The second-order valence-corrected chi connectivity index (χ2v) is 7.92. The van der Waals surface area contributed by atoms with Crippen molar-refractivity contribution in [1.82, 2.24) is 10.2 Å². The van der Waals surface area contributed by atoms with E-state index in [1.54, 1.807) is 4.90 Å². The Bertz CT molecular complexity index is 862. The second-order valence-electron chi connectivity index (χ2n) is 7.92. The average Bonchev–Trinajstić information content (AvgIpc) is 3.11. The van der Waals surface area contributed by atoms with Gasteiger partial charge in [0.05, 0.1) is 0 Å². The molecule has 0 aromatic heterocycles. The SMILES string of the molecule is O=C(N[C@@H](CCO)C(=O)N1CCCCC1)OCC1c2ccccc2-c2ccccc21. The van der Waals surface area contributed by atoms with Gasteiger partial charge in [-0.15, -0.1) is 0 Å². The van der Waals surface area contributed by atoms with Gasteiger partial charge < -0.3 is 20.1 Å². The van der Waals surface area contributed by atoms with Gasteiger partial charge in [0.2, 0.25) is 5.91 Å². The molecule has 2 amide bonds.